The molecule has 214 valence electrons. The Morgan fingerprint density at radius 3 is 2.08 bits per heavy atom. The highest BCUT2D eigenvalue weighted by Crippen LogP contribution is 2.44. The van der Waals surface area contributed by atoms with Gasteiger partial charge >= 0.3 is 0 Å². The van der Waals surface area contributed by atoms with Crippen molar-refractivity contribution in [3.63, 3.8) is 0 Å². The lowest BCUT2D eigenvalue weighted by Crippen LogP contribution is -2.24. The first-order valence-electron chi connectivity index (χ1n) is 15.0. The Kier molecular flexibility index (Phi) is 11.2. The van der Waals surface area contributed by atoms with Crippen molar-refractivity contribution >= 4 is 23.0 Å². The Hall–Kier alpha value is -2.83. The van der Waals surface area contributed by atoms with E-state index in [1.165, 1.54) is 24.1 Å². The van der Waals surface area contributed by atoms with Gasteiger partial charge in [0.05, 0.1) is 18.2 Å². The second kappa shape index (κ2) is 14.2. The molecule has 0 aliphatic heterocycles. The number of nitrogens with zero attached hydrogens (tertiary/aromatic N) is 1. The van der Waals surface area contributed by atoms with Crippen LogP contribution in [0.5, 0.6) is 5.75 Å². The fraction of sp³-hybridized carbons (Fsp3) is 0.486. The van der Waals surface area contributed by atoms with Crippen molar-refractivity contribution in [1.82, 2.24) is 0 Å². The molecule has 0 spiro atoms. The van der Waals surface area contributed by atoms with Gasteiger partial charge in [-0.3, -0.25) is 0 Å². The summed E-state index contributed by atoms with van der Waals surface area (Å²) in [6.45, 7) is 19.8. The zero-order valence-electron chi connectivity index (χ0n) is 26.0. The van der Waals surface area contributed by atoms with Crippen LogP contribution in [-0.2, 0) is 17.3 Å². The fourth-order valence-electron chi connectivity index (χ4n) is 4.61. The van der Waals surface area contributed by atoms with Gasteiger partial charge in [-0.1, -0.05) is 98.6 Å². The molecule has 0 aliphatic rings. The summed E-state index contributed by atoms with van der Waals surface area (Å²) in [6, 6.07) is 22.7. The molecule has 3 rings (SSSR count). The summed E-state index contributed by atoms with van der Waals surface area (Å²) in [6.07, 6.45) is 7.75. The van der Waals surface area contributed by atoms with Gasteiger partial charge in [0.2, 0.25) is 0 Å². The summed E-state index contributed by atoms with van der Waals surface area (Å²) in [5, 5.41) is 9.62. The summed E-state index contributed by atoms with van der Waals surface area (Å²) in [5.41, 5.74) is 4.56. The van der Waals surface area contributed by atoms with Gasteiger partial charge in [-0.2, -0.15) is 5.26 Å². The Labute approximate surface area is 248 Å². The molecule has 0 fully saturated rings. The van der Waals surface area contributed by atoms with Gasteiger partial charge in [0.1, 0.15) is 5.75 Å². The number of ether oxygens (including phenoxy) is 1. The van der Waals surface area contributed by atoms with E-state index in [0.29, 0.717) is 17.4 Å². The number of nitriles is 1. The number of thiophene rings is 1. The summed E-state index contributed by atoms with van der Waals surface area (Å²) in [7, 11) is 0. The average Bonchev–Trinajstić information content (AvgIpc) is 3.38. The molecule has 3 heteroatoms. The number of hydrogen-bond donors (Lipinski definition) is 0. The summed E-state index contributed by atoms with van der Waals surface area (Å²) in [4.78, 5) is 3.13. The SMILES string of the molecule is CC(C)C(C)(C)c1cc(CCCCCCOc2ccc(/C(C#N)=C/c3ccccc3)cc2)c(C(C)(C)C(C)C)s1. The molecule has 2 nitrogen and oxygen atoms in total. The minimum Gasteiger partial charge on any atom is -0.494 e. The molecule has 0 atom stereocenters. The lowest BCUT2D eigenvalue weighted by molar-refractivity contribution is 0.304. The highest BCUT2D eigenvalue weighted by molar-refractivity contribution is 7.12. The van der Waals surface area contributed by atoms with Crippen molar-refractivity contribution in [1.29, 1.82) is 5.26 Å². The third kappa shape index (κ3) is 8.11. The number of rotatable bonds is 14. The van der Waals surface area contributed by atoms with Gasteiger partial charge < -0.3 is 4.74 Å². The number of benzene rings is 2. The zero-order chi connectivity index (χ0) is 29.3. The minimum atomic E-state index is 0.194. The average molecular weight is 556 g/mol. The third-order valence-electron chi connectivity index (χ3n) is 8.92. The van der Waals surface area contributed by atoms with Gasteiger partial charge in [-0.25, -0.2) is 0 Å². The Bertz CT molecular complexity index is 1270. The molecule has 0 radical (unpaired) electrons. The van der Waals surface area contributed by atoms with E-state index < -0.39 is 0 Å². The molecule has 0 unspecified atom stereocenters. The Balaban J connectivity index is 1.49. The maximum atomic E-state index is 9.62. The highest BCUT2D eigenvalue weighted by atomic mass is 32.1. The molecule has 0 N–H and O–H groups in total. The number of unbranched alkanes of at least 4 members (excludes halogenated alkanes) is 3. The smallest absolute Gasteiger partial charge is 0.119 e. The van der Waals surface area contributed by atoms with E-state index in [9.17, 15) is 5.26 Å². The van der Waals surface area contributed by atoms with Crippen LogP contribution in [0.3, 0.4) is 0 Å². The molecule has 1 heterocycles. The molecule has 3 aromatic rings. The fourth-order valence-corrected chi connectivity index (χ4v) is 6.32. The molecule has 40 heavy (non-hydrogen) atoms. The second-order valence-electron chi connectivity index (χ2n) is 12.8. The van der Waals surface area contributed by atoms with Crippen molar-refractivity contribution in [2.24, 2.45) is 11.8 Å². The van der Waals surface area contributed by atoms with Crippen molar-refractivity contribution < 1.29 is 4.74 Å². The lowest BCUT2D eigenvalue weighted by atomic mass is 9.77. The van der Waals surface area contributed by atoms with Crippen molar-refractivity contribution in [3.05, 3.63) is 87.1 Å². The Morgan fingerprint density at radius 1 is 0.850 bits per heavy atom. The standard InChI is InChI=1S/C37H49NOS/c1-27(2)36(5,6)34-25-31(35(40-34)37(7,8)28(3)4)18-14-9-10-15-23-39-33-21-19-30(20-22-33)32(26-38)24-29-16-12-11-13-17-29/h11-13,16-17,19-22,24-25,27-28H,9-10,14-15,18,23H2,1-8H3/b32-24+. The first-order chi connectivity index (χ1) is 19.0. The van der Waals surface area contributed by atoms with E-state index in [2.05, 4.69) is 78.9 Å². The zero-order valence-corrected chi connectivity index (χ0v) is 26.8. The number of hydrogen-bond acceptors (Lipinski definition) is 3. The van der Waals surface area contributed by atoms with Crippen LogP contribution in [0.4, 0.5) is 0 Å². The van der Waals surface area contributed by atoms with Crippen LogP contribution < -0.4 is 4.74 Å². The van der Waals surface area contributed by atoms with Crippen LogP contribution in [0.1, 0.15) is 108 Å². The maximum absolute atomic E-state index is 9.62. The van der Waals surface area contributed by atoms with Gasteiger partial charge in [0.15, 0.2) is 0 Å². The molecule has 0 aliphatic carbocycles. The topological polar surface area (TPSA) is 33.0 Å². The molecule has 0 saturated carbocycles. The quantitative estimate of drug-likeness (QED) is 0.113. The van der Waals surface area contributed by atoms with Crippen molar-refractivity contribution in [3.8, 4) is 11.8 Å². The van der Waals surface area contributed by atoms with Crippen LogP contribution in [0.2, 0.25) is 0 Å². The minimum absolute atomic E-state index is 0.194. The first-order valence-corrected chi connectivity index (χ1v) is 15.8. The van der Waals surface area contributed by atoms with Crippen molar-refractivity contribution in [2.75, 3.05) is 6.61 Å². The largest absolute Gasteiger partial charge is 0.494 e. The number of allylic oxidation sites excluding steroid dienone is 1. The molecule has 2 aromatic carbocycles. The highest BCUT2D eigenvalue weighted by Gasteiger charge is 2.33. The lowest BCUT2D eigenvalue weighted by Gasteiger charge is -2.30. The van der Waals surface area contributed by atoms with E-state index in [1.807, 2.05) is 60.7 Å². The molecular formula is C37H49NOS. The monoisotopic (exact) mass is 555 g/mol. The van der Waals surface area contributed by atoms with Crippen LogP contribution >= 0.6 is 11.3 Å². The molecule has 1 aromatic heterocycles. The van der Waals surface area contributed by atoms with Crippen LogP contribution in [-0.4, -0.2) is 6.61 Å². The number of aryl methyl sites for hydroxylation is 1. The summed E-state index contributed by atoms with van der Waals surface area (Å²) >= 11 is 2.06. The van der Waals surface area contributed by atoms with Crippen LogP contribution in [0.15, 0.2) is 60.7 Å². The van der Waals surface area contributed by atoms with E-state index in [-0.39, 0.29) is 10.8 Å². The molecule has 0 bridgehead atoms. The molecule has 0 saturated heterocycles. The van der Waals surface area contributed by atoms with Gasteiger partial charge in [0.25, 0.3) is 0 Å². The summed E-state index contributed by atoms with van der Waals surface area (Å²) < 4.78 is 6.01. The first kappa shape index (κ1) is 31.7. The predicted octanol–water partition coefficient (Wildman–Crippen LogP) is 10.9. The van der Waals surface area contributed by atoms with E-state index >= 15 is 0 Å². The van der Waals surface area contributed by atoms with E-state index in [1.54, 1.807) is 10.4 Å². The van der Waals surface area contributed by atoms with Gasteiger partial charge in [0, 0.05) is 20.6 Å². The van der Waals surface area contributed by atoms with Crippen LogP contribution in [0, 0.1) is 23.2 Å². The van der Waals surface area contributed by atoms with Gasteiger partial charge in [-0.15, -0.1) is 11.3 Å². The van der Waals surface area contributed by atoms with Crippen molar-refractivity contribution in [2.45, 2.75) is 98.3 Å². The molecular weight excluding hydrogens is 506 g/mol. The molecule has 0 amide bonds. The maximum Gasteiger partial charge on any atom is 0.119 e. The van der Waals surface area contributed by atoms with E-state index in [4.69, 9.17) is 4.74 Å². The van der Waals surface area contributed by atoms with E-state index in [0.717, 1.165) is 36.3 Å². The third-order valence-corrected chi connectivity index (χ3v) is 10.8. The summed E-state index contributed by atoms with van der Waals surface area (Å²) in [5.74, 6) is 2.08. The predicted molar refractivity (Wildman–Crippen MR) is 174 cm³/mol. The normalized spacial score (nSPS) is 12.7. The van der Waals surface area contributed by atoms with Crippen LogP contribution in [0.25, 0.3) is 11.6 Å². The van der Waals surface area contributed by atoms with Gasteiger partial charge in [-0.05, 0) is 84.2 Å². The Morgan fingerprint density at radius 2 is 1.48 bits per heavy atom. The second-order valence-corrected chi connectivity index (χ2v) is 13.9.